The molecular weight excluding hydrogens is 225 g/mol. The molecule has 1 aromatic rings. The van der Waals surface area contributed by atoms with Crippen molar-refractivity contribution in [3.05, 3.63) is 35.9 Å². The number of amides is 1. The molecule has 0 saturated carbocycles. The second-order valence-corrected chi connectivity index (χ2v) is 4.11. The first kappa shape index (κ1) is 11.6. The Morgan fingerprint density at radius 2 is 1.94 bits per heavy atom. The molecule has 1 aliphatic heterocycles. The largest absolute Gasteiger partial charge is 0.479 e. The molecule has 90 valence electrons. The Bertz CT molecular complexity index is 448. The quantitative estimate of drug-likeness (QED) is 0.844. The topological polar surface area (TPSA) is 57.6 Å². The van der Waals surface area contributed by atoms with Crippen LogP contribution in [0.4, 0.5) is 4.39 Å². The molecule has 1 saturated heterocycles. The summed E-state index contributed by atoms with van der Waals surface area (Å²) in [6.45, 7) is -0.243. The third-order valence-corrected chi connectivity index (χ3v) is 2.91. The summed E-state index contributed by atoms with van der Waals surface area (Å²) in [6.07, 6.45) is -0.152. The number of carboxylic acids is 1. The summed E-state index contributed by atoms with van der Waals surface area (Å²) in [5, 5.41) is 8.73. The van der Waals surface area contributed by atoms with E-state index in [4.69, 9.17) is 5.11 Å². The molecule has 1 fully saturated rings. The van der Waals surface area contributed by atoms with Gasteiger partial charge < -0.3 is 10.0 Å². The highest BCUT2D eigenvalue weighted by Crippen LogP contribution is 2.27. The van der Waals surface area contributed by atoms with Crippen molar-refractivity contribution in [1.82, 2.24) is 4.90 Å². The van der Waals surface area contributed by atoms with Crippen LogP contribution in [-0.4, -0.2) is 40.6 Å². The molecule has 0 spiro atoms. The Hall–Kier alpha value is -1.91. The minimum Gasteiger partial charge on any atom is -0.479 e. The second kappa shape index (κ2) is 4.16. The summed E-state index contributed by atoms with van der Waals surface area (Å²) in [5.74, 6) is -1.83. The highest BCUT2D eigenvalue weighted by atomic mass is 19.1. The summed E-state index contributed by atoms with van der Waals surface area (Å²) in [4.78, 5) is 23.9. The molecule has 1 unspecified atom stereocenters. The molecule has 4 nitrogen and oxygen atoms in total. The third kappa shape index (κ3) is 2.13. The van der Waals surface area contributed by atoms with E-state index in [1.165, 1.54) is 4.90 Å². The number of hydrogen-bond acceptors (Lipinski definition) is 2. The van der Waals surface area contributed by atoms with Crippen molar-refractivity contribution in [2.75, 3.05) is 13.1 Å². The molecule has 0 radical (unpaired) electrons. The van der Waals surface area contributed by atoms with Gasteiger partial charge in [0.15, 0.2) is 0 Å². The van der Waals surface area contributed by atoms with Gasteiger partial charge in [0.1, 0.15) is 0 Å². The van der Waals surface area contributed by atoms with Gasteiger partial charge in [-0.25, -0.2) is 9.18 Å². The standard InChI is InChI=1S/C12H12FNO3/c13-12(11(16)17)6-7-14(8-12)10(15)9-4-2-1-3-5-9/h1-5H,6-8H2,(H,16,17). The van der Waals surface area contributed by atoms with Crippen molar-refractivity contribution in [1.29, 1.82) is 0 Å². The monoisotopic (exact) mass is 237 g/mol. The average Bonchev–Trinajstić information content (AvgIpc) is 2.74. The zero-order valence-electron chi connectivity index (χ0n) is 9.10. The van der Waals surface area contributed by atoms with Crippen molar-refractivity contribution >= 4 is 11.9 Å². The Balaban J connectivity index is 2.12. The van der Waals surface area contributed by atoms with Crippen molar-refractivity contribution in [2.45, 2.75) is 12.1 Å². The number of hydrogen-bond donors (Lipinski definition) is 1. The van der Waals surface area contributed by atoms with Gasteiger partial charge in [-0.1, -0.05) is 18.2 Å². The molecule has 2 rings (SSSR count). The number of carbonyl (C=O) groups is 2. The van der Waals surface area contributed by atoms with Crippen LogP contribution in [0.2, 0.25) is 0 Å². The van der Waals surface area contributed by atoms with Crippen molar-refractivity contribution in [2.24, 2.45) is 0 Å². The van der Waals surface area contributed by atoms with Gasteiger partial charge in [-0.05, 0) is 12.1 Å². The summed E-state index contributed by atoms with van der Waals surface area (Å²) >= 11 is 0. The molecule has 1 amide bonds. The fourth-order valence-corrected chi connectivity index (χ4v) is 1.88. The fourth-order valence-electron chi connectivity index (χ4n) is 1.88. The number of carboxylic acid groups (broad SMARTS) is 1. The molecule has 5 heteroatoms. The average molecular weight is 237 g/mol. The van der Waals surface area contributed by atoms with E-state index in [2.05, 4.69) is 0 Å². The van der Waals surface area contributed by atoms with Crippen LogP contribution in [0.15, 0.2) is 30.3 Å². The van der Waals surface area contributed by atoms with Crippen LogP contribution < -0.4 is 0 Å². The lowest BCUT2D eigenvalue weighted by molar-refractivity contribution is -0.149. The predicted octanol–water partition coefficient (Wildman–Crippen LogP) is 1.33. The number of halogens is 1. The van der Waals surface area contributed by atoms with Crippen LogP contribution in [0.5, 0.6) is 0 Å². The Kier molecular flexibility index (Phi) is 2.83. The summed E-state index contributed by atoms with van der Waals surface area (Å²) in [7, 11) is 0. The number of rotatable bonds is 2. The maximum absolute atomic E-state index is 13.8. The van der Waals surface area contributed by atoms with E-state index in [-0.39, 0.29) is 25.4 Å². The van der Waals surface area contributed by atoms with Gasteiger partial charge >= 0.3 is 5.97 Å². The number of aliphatic carboxylic acids is 1. The molecule has 1 heterocycles. The zero-order valence-corrected chi connectivity index (χ0v) is 9.10. The number of carbonyl (C=O) groups excluding carboxylic acids is 1. The van der Waals surface area contributed by atoms with Crippen LogP contribution in [0.1, 0.15) is 16.8 Å². The number of alkyl halides is 1. The van der Waals surface area contributed by atoms with Crippen LogP contribution in [0, 0.1) is 0 Å². The Morgan fingerprint density at radius 3 is 2.47 bits per heavy atom. The molecule has 0 aliphatic carbocycles. The molecule has 1 aromatic carbocycles. The maximum Gasteiger partial charge on any atom is 0.343 e. The van der Waals surface area contributed by atoms with E-state index >= 15 is 0 Å². The molecule has 0 bridgehead atoms. The lowest BCUT2D eigenvalue weighted by Gasteiger charge is -2.17. The Labute approximate surface area is 97.7 Å². The van der Waals surface area contributed by atoms with Crippen LogP contribution in [-0.2, 0) is 4.79 Å². The molecule has 17 heavy (non-hydrogen) atoms. The van der Waals surface area contributed by atoms with Gasteiger partial charge in [-0.3, -0.25) is 4.79 Å². The molecular formula is C12H12FNO3. The first-order chi connectivity index (χ1) is 8.03. The van der Waals surface area contributed by atoms with E-state index in [1.807, 2.05) is 0 Å². The lowest BCUT2D eigenvalue weighted by atomic mass is 10.1. The maximum atomic E-state index is 13.8. The first-order valence-electron chi connectivity index (χ1n) is 5.29. The van der Waals surface area contributed by atoms with Gasteiger partial charge in [0.2, 0.25) is 5.67 Å². The normalized spacial score (nSPS) is 23.7. The summed E-state index contributed by atoms with van der Waals surface area (Å²) in [6, 6.07) is 8.45. The third-order valence-electron chi connectivity index (χ3n) is 2.91. The Morgan fingerprint density at radius 1 is 1.29 bits per heavy atom. The van der Waals surface area contributed by atoms with Crippen molar-refractivity contribution in [3.63, 3.8) is 0 Å². The van der Waals surface area contributed by atoms with E-state index in [0.29, 0.717) is 5.56 Å². The summed E-state index contributed by atoms with van der Waals surface area (Å²) < 4.78 is 13.8. The van der Waals surface area contributed by atoms with Gasteiger partial charge in [-0.2, -0.15) is 0 Å². The van der Waals surface area contributed by atoms with E-state index in [1.54, 1.807) is 30.3 Å². The van der Waals surface area contributed by atoms with E-state index in [9.17, 15) is 14.0 Å². The number of likely N-dealkylation sites (tertiary alicyclic amines) is 1. The highest BCUT2D eigenvalue weighted by molar-refractivity contribution is 5.95. The molecule has 1 atom stereocenters. The molecule has 1 aliphatic rings. The van der Waals surface area contributed by atoms with Crippen LogP contribution in [0.25, 0.3) is 0 Å². The van der Waals surface area contributed by atoms with Gasteiger partial charge in [0.05, 0.1) is 6.54 Å². The van der Waals surface area contributed by atoms with Crippen molar-refractivity contribution < 1.29 is 19.1 Å². The fraction of sp³-hybridized carbons (Fsp3) is 0.333. The number of benzene rings is 1. The lowest BCUT2D eigenvalue weighted by Crippen LogP contribution is -2.38. The smallest absolute Gasteiger partial charge is 0.343 e. The van der Waals surface area contributed by atoms with Gasteiger partial charge in [0.25, 0.3) is 5.91 Å². The minimum absolute atomic E-state index is 0.135. The van der Waals surface area contributed by atoms with E-state index < -0.39 is 11.6 Å². The van der Waals surface area contributed by atoms with Crippen LogP contribution in [0.3, 0.4) is 0 Å². The highest BCUT2D eigenvalue weighted by Gasteiger charge is 2.46. The van der Waals surface area contributed by atoms with E-state index in [0.717, 1.165) is 0 Å². The first-order valence-corrected chi connectivity index (χ1v) is 5.29. The van der Waals surface area contributed by atoms with Crippen molar-refractivity contribution in [3.8, 4) is 0 Å². The van der Waals surface area contributed by atoms with Crippen LogP contribution >= 0.6 is 0 Å². The minimum atomic E-state index is -2.30. The SMILES string of the molecule is O=C(c1ccccc1)N1CCC(F)(C(=O)O)C1. The van der Waals surface area contributed by atoms with Gasteiger partial charge in [0, 0.05) is 18.5 Å². The molecule has 0 aromatic heterocycles. The second-order valence-electron chi connectivity index (χ2n) is 4.11. The van der Waals surface area contributed by atoms with Gasteiger partial charge in [-0.15, -0.1) is 0 Å². The summed E-state index contributed by atoms with van der Waals surface area (Å²) in [5.41, 5.74) is -1.85. The zero-order chi connectivity index (χ0) is 12.5. The number of nitrogens with zero attached hydrogens (tertiary/aromatic N) is 1. The predicted molar refractivity (Wildman–Crippen MR) is 58.4 cm³/mol. The molecule has 1 N–H and O–H groups in total.